The van der Waals surface area contributed by atoms with E-state index in [2.05, 4.69) is 26.8 Å². The predicted molar refractivity (Wildman–Crippen MR) is 106 cm³/mol. The first kappa shape index (κ1) is 20.7. The molecule has 0 saturated carbocycles. The van der Waals surface area contributed by atoms with Gasteiger partial charge in [-0.3, -0.25) is 14.5 Å². The van der Waals surface area contributed by atoms with Crippen LogP contribution in [0.4, 0.5) is 0 Å². The normalized spacial score (nSPS) is 21.9. The molecule has 0 radical (unpaired) electrons. The lowest BCUT2D eigenvalue weighted by Crippen LogP contribution is -2.50. The van der Waals surface area contributed by atoms with E-state index in [1.807, 2.05) is 9.80 Å². The second-order valence-corrected chi connectivity index (χ2v) is 7.94. The highest BCUT2D eigenvalue weighted by Crippen LogP contribution is 2.19. The van der Waals surface area contributed by atoms with Gasteiger partial charge in [0.2, 0.25) is 11.8 Å². The molecule has 0 N–H and O–H groups in total. The molecular weight excluding hydrogens is 356 g/mol. The van der Waals surface area contributed by atoms with Crippen molar-refractivity contribution in [1.82, 2.24) is 29.6 Å². The van der Waals surface area contributed by atoms with Crippen molar-refractivity contribution in [2.75, 3.05) is 52.9 Å². The van der Waals surface area contributed by atoms with Crippen LogP contribution in [-0.4, -0.2) is 100 Å². The summed E-state index contributed by atoms with van der Waals surface area (Å²) in [7, 11) is 2.10. The number of carbonyl (C=O) groups is 2. The molecule has 8 nitrogen and oxygen atoms in total. The molecule has 0 aromatic carbocycles. The topological polar surface area (TPSA) is 72.9 Å². The molecule has 3 rings (SSSR count). The number of rotatable bonds is 5. The summed E-state index contributed by atoms with van der Waals surface area (Å²) in [5, 5.41) is 0. The molecule has 0 aliphatic carbocycles. The van der Waals surface area contributed by atoms with Gasteiger partial charge in [-0.25, -0.2) is 9.97 Å². The van der Waals surface area contributed by atoms with Gasteiger partial charge in [-0.05, 0) is 32.9 Å². The summed E-state index contributed by atoms with van der Waals surface area (Å²) in [5.74, 6) is 0.312. The number of likely N-dealkylation sites (tertiary alicyclic amines) is 1. The minimum Gasteiger partial charge on any atom is -0.339 e. The largest absolute Gasteiger partial charge is 0.339 e. The number of hydrogen-bond acceptors (Lipinski definition) is 6. The predicted octanol–water partition coefficient (Wildman–Crippen LogP) is 0.454. The fraction of sp³-hybridized carbons (Fsp3) is 0.700. The van der Waals surface area contributed by atoms with E-state index >= 15 is 0 Å². The van der Waals surface area contributed by atoms with Crippen LogP contribution in [0.5, 0.6) is 0 Å². The van der Waals surface area contributed by atoms with Gasteiger partial charge >= 0.3 is 0 Å². The van der Waals surface area contributed by atoms with Crippen LogP contribution in [-0.2, 0) is 16.1 Å². The summed E-state index contributed by atoms with van der Waals surface area (Å²) in [6.07, 6.45) is 7.88. The lowest BCUT2D eigenvalue weighted by Gasteiger charge is -2.34. The van der Waals surface area contributed by atoms with E-state index in [1.54, 1.807) is 19.3 Å². The molecule has 8 heteroatoms. The first-order valence-corrected chi connectivity index (χ1v) is 10.2. The fourth-order valence-electron chi connectivity index (χ4n) is 4.06. The fourth-order valence-corrected chi connectivity index (χ4v) is 4.06. The summed E-state index contributed by atoms with van der Waals surface area (Å²) in [6.45, 7) is 7.96. The Balaban J connectivity index is 1.53. The van der Waals surface area contributed by atoms with Crippen molar-refractivity contribution in [2.45, 2.75) is 38.8 Å². The Morgan fingerprint density at radius 1 is 1.07 bits per heavy atom. The van der Waals surface area contributed by atoms with E-state index in [0.717, 1.165) is 64.1 Å². The maximum absolute atomic E-state index is 12.6. The van der Waals surface area contributed by atoms with Crippen LogP contribution in [0, 0.1) is 0 Å². The SMILES string of the molecule is CC(=O)N(Cc1cncnc1)[C@@H]1CCCN(CC(=O)N2CCN(C)CC2)CC1. The van der Waals surface area contributed by atoms with Gasteiger partial charge in [0.05, 0.1) is 6.54 Å². The maximum atomic E-state index is 12.6. The minimum absolute atomic E-state index is 0.0795. The zero-order chi connectivity index (χ0) is 19.9. The summed E-state index contributed by atoms with van der Waals surface area (Å²) < 4.78 is 0. The lowest BCUT2D eigenvalue weighted by molar-refractivity contribution is -0.134. The average molecular weight is 389 g/mol. The van der Waals surface area contributed by atoms with Gasteiger partial charge in [-0.15, -0.1) is 0 Å². The third-order valence-corrected chi connectivity index (χ3v) is 5.82. The molecule has 1 aromatic rings. The zero-order valence-electron chi connectivity index (χ0n) is 17.1. The van der Waals surface area contributed by atoms with Crippen LogP contribution in [0.1, 0.15) is 31.7 Å². The quantitative estimate of drug-likeness (QED) is 0.729. The number of piperazine rings is 1. The van der Waals surface area contributed by atoms with Gasteiger partial charge in [0.15, 0.2) is 0 Å². The molecule has 2 amide bonds. The molecule has 1 atom stereocenters. The van der Waals surface area contributed by atoms with E-state index in [0.29, 0.717) is 13.1 Å². The molecule has 2 aliphatic rings. The van der Waals surface area contributed by atoms with Gasteiger partial charge < -0.3 is 14.7 Å². The molecule has 2 fully saturated rings. The molecule has 2 aliphatic heterocycles. The van der Waals surface area contributed by atoms with E-state index in [-0.39, 0.29) is 17.9 Å². The van der Waals surface area contributed by atoms with Crippen LogP contribution in [0.25, 0.3) is 0 Å². The molecule has 28 heavy (non-hydrogen) atoms. The Morgan fingerprint density at radius 3 is 2.46 bits per heavy atom. The summed E-state index contributed by atoms with van der Waals surface area (Å²) in [5.41, 5.74) is 0.948. The highest BCUT2D eigenvalue weighted by atomic mass is 16.2. The maximum Gasteiger partial charge on any atom is 0.236 e. The highest BCUT2D eigenvalue weighted by Gasteiger charge is 2.27. The standard InChI is InChI=1S/C20H32N6O2/c1-17(27)26(14-18-12-21-16-22-13-18)19-4-3-6-24(7-5-19)15-20(28)25-10-8-23(2)9-11-25/h12-13,16,19H,3-11,14-15H2,1-2H3/t19-/m1/s1. The van der Waals surface area contributed by atoms with Crippen LogP contribution in [0.2, 0.25) is 0 Å². The van der Waals surface area contributed by atoms with Gasteiger partial charge in [-0.1, -0.05) is 0 Å². The third-order valence-electron chi connectivity index (χ3n) is 5.82. The number of amides is 2. The minimum atomic E-state index is 0.0795. The van der Waals surface area contributed by atoms with Crippen molar-refractivity contribution in [2.24, 2.45) is 0 Å². The Morgan fingerprint density at radius 2 is 1.79 bits per heavy atom. The molecule has 0 unspecified atom stereocenters. The lowest BCUT2D eigenvalue weighted by atomic mass is 10.1. The molecule has 1 aromatic heterocycles. The van der Waals surface area contributed by atoms with Crippen LogP contribution in [0.3, 0.4) is 0 Å². The zero-order valence-corrected chi connectivity index (χ0v) is 17.1. The van der Waals surface area contributed by atoms with Crippen LogP contribution < -0.4 is 0 Å². The van der Waals surface area contributed by atoms with E-state index < -0.39 is 0 Å². The van der Waals surface area contributed by atoms with Crippen molar-refractivity contribution >= 4 is 11.8 Å². The van der Waals surface area contributed by atoms with Crippen molar-refractivity contribution in [3.05, 3.63) is 24.3 Å². The number of nitrogens with zero attached hydrogens (tertiary/aromatic N) is 6. The molecule has 2 saturated heterocycles. The third kappa shape index (κ3) is 5.72. The van der Waals surface area contributed by atoms with Crippen LogP contribution in [0.15, 0.2) is 18.7 Å². The first-order chi connectivity index (χ1) is 13.5. The Bertz CT molecular complexity index is 647. The summed E-state index contributed by atoms with van der Waals surface area (Å²) in [4.78, 5) is 41.4. The van der Waals surface area contributed by atoms with E-state index in [9.17, 15) is 9.59 Å². The molecule has 3 heterocycles. The second-order valence-electron chi connectivity index (χ2n) is 7.94. The van der Waals surface area contributed by atoms with Gasteiger partial charge in [-0.2, -0.15) is 0 Å². The number of aromatic nitrogens is 2. The average Bonchev–Trinajstić information content (AvgIpc) is 2.92. The monoisotopic (exact) mass is 388 g/mol. The van der Waals surface area contributed by atoms with Crippen molar-refractivity contribution in [3.8, 4) is 0 Å². The second kappa shape index (κ2) is 9.93. The number of likely N-dealkylation sites (N-methyl/N-ethyl adjacent to an activating group) is 1. The Hall–Kier alpha value is -2.06. The number of carbonyl (C=O) groups excluding carboxylic acids is 2. The smallest absolute Gasteiger partial charge is 0.236 e. The Kier molecular flexibility index (Phi) is 7.33. The molecule has 0 spiro atoms. The summed E-state index contributed by atoms with van der Waals surface area (Å²) in [6, 6.07) is 0.196. The van der Waals surface area contributed by atoms with Crippen molar-refractivity contribution < 1.29 is 9.59 Å². The highest BCUT2D eigenvalue weighted by molar-refractivity contribution is 5.78. The first-order valence-electron chi connectivity index (χ1n) is 10.2. The summed E-state index contributed by atoms with van der Waals surface area (Å²) >= 11 is 0. The molecule has 0 bridgehead atoms. The van der Waals surface area contributed by atoms with E-state index in [4.69, 9.17) is 0 Å². The van der Waals surface area contributed by atoms with Gasteiger partial charge in [0, 0.05) is 70.2 Å². The number of hydrogen-bond donors (Lipinski definition) is 0. The molecule has 154 valence electrons. The van der Waals surface area contributed by atoms with E-state index in [1.165, 1.54) is 6.33 Å². The van der Waals surface area contributed by atoms with Gasteiger partial charge in [0.1, 0.15) is 6.33 Å². The molecular formula is C20H32N6O2. The van der Waals surface area contributed by atoms with Crippen molar-refractivity contribution in [3.63, 3.8) is 0 Å². The van der Waals surface area contributed by atoms with Crippen molar-refractivity contribution in [1.29, 1.82) is 0 Å². The van der Waals surface area contributed by atoms with Crippen LogP contribution >= 0.6 is 0 Å². The van der Waals surface area contributed by atoms with Gasteiger partial charge in [0.25, 0.3) is 0 Å². The Labute approximate surface area is 167 Å².